The molecule has 1 N–H and O–H groups in total. The second-order valence-electron chi connectivity index (χ2n) is 5.26. The SMILES string of the molecule is CCCNC(Cc1ccccc1Cl)c1cccc(Cl)c1C. The molecule has 0 aliphatic carbocycles. The molecule has 0 spiro atoms. The van der Waals surface area contributed by atoms with Crippen LogP contribution in [0.5, 0.6) is 0 Å². The monoisotopic (exact) mass is 321 g/mol. The standard InChI is InChI=1S/C18H21Cl2N/c1-3-11-21-18(12-14-7-4-5-9-17(14)20)15-8-6-10-16(19)13(15)2/h4-10,18,21H,3,11-12H2,1-2H3. The van der Waals surface area contributed by atoms with Crippen LogP contribution in [0.15, 0.2) is 42.5 Å². The minimum atomic E-state index is 0.226. The Morgan fingerprint density at radius 2 is 1.71 bits per heavy atom. The number of benzene rings is 2. The molecule has 3 heteroatoms. The highest BCUT2D eigenvalue weighted by atomic mass is 35.5. The summed E-state index contributed by atoms with van der Waals surface area (Å²) in [5.41, 5.74) is 3.54. The Labute approximate surface area is 137 Å². The van der Waals surface area contributed by atoms with Gasteiger partial charge >= 0.3 is 0 Å². The van der Waals surface area contributed by atoms with Gasteiger partial charge in [0.15, 0.2) is 0 Å². The van der Waals surface area contributed by atoms with E-state index in [1.165, 1.54) is 5.56 Å². The van der Waals surface area contributed by atoms with E-state index in [4.69, 9.17) is 23.2 Å². The fourth-order valence-corrected chi connectivity index (χ4v) is 2.89. The van der Waals surface area contributed by atoms with E-state index in [-0.39, 0.29) is 6.04 Å². The Balaban J connectivity index is 2.30. The second-order valence-corrected chi connectivity index (χ2v) is 6.07. The molecule has 2 aromatic carbocycles. The van der Waals surface area contributed by atoms with E-state index in [2.05, 4.69) is 31.3 Å². The van der Waals surface area contributed by atoms with Gasteiger partial charge < -0.3 is 5.32 Å². The molecule has 0 saturated carbocycles. The van der Waals surface area contributed by atoms with Crippen molar-refractivity contribution in [2.45, 2.75) is 32.7 Å². The lowest BCUT2D eigenvalue weighted by Gasteiger charge is -2.22. The first-order chi connectivity index (χ1) is 10.1. The van der Waals surface area contributed by atoms with E-state index in [1.807, 2.05) is 30.3 Å². The Bertz CT molecular complexity index is 596. The van der Waals surface area contributed by atoms with Crippen molar-refractivity contribution in [2.75, 3.05) is 6.54 Å². The van der Waals surface area contributed by atoms with E-state index in [0.29, 0.717) is 0 Å². The highest BCUT2D eigenvalue weighted by molar-refractivity contribution is 6.31. The molecule has 112 valence electrons. The van der Waals surface area contributed by atoms with Crippen LogP contribution >= 0.6 is 23.2 Å². The maximum absolute atomic E-state index is 6.31. The van der Waals surface area contributed by atoms with E-state index < -0.39 is 0 Å². The smallest absolute Gasteiger partial charge is 0.0438 e. The molecule has 2 rings (SSSR count). The number of halogens is 2. The summed E-state index contributed by atoms with van der Waals surface area (Å²) >= 11 is 12.6. The van der Waals surface area contributed by atoms with Crippen molar-refractivity contribution in [3.8, 4) is 0 Å². The summed E-state index contributed by atoms with van der Waals surface area (Å²) in [7, 11) is 0. The van der Waals surface area contributed by atoms with Crippen LogP contribution < -0.4 is 5.32 Å². The van der Waals surface area contributed by atoms with Crippen LogP contribution in [0, 0.1) is 6.92 Å². The highest BCUT2D eigenvalue weighted by Gasteiger charge is 2.16. The topological polar surface area (TPSA) is 12.0 Å². The molecule has 1 nitrogen and oxygen atoms in total. The molecule has 0 saturated heterocycles. The normalized spacial score (nSPS) is 12.4. The van der Waals surface area contributed by atoms with Crippen LogP contribution in [-0.4, -0.2) is 6.54 Å². The van der Waals surface area contributed by atoms with Crippen molar-refractivity contribution in [3.63, 3.8) is 0 Å². The summed E-state index contributed by atoms with van der Waals surface area (Å²) in [5, 5.41) is 5.25. The first-order valence-electron chi connectivity index (χ1n) is 7.35. The quantitative estimate of drug-likeness (QED) is 0.731. The van der Waals surface area contributed by atoms with Crippen LogP contribution in [0.25, 0.3) is 0 Å². The predicted octanol–water partition coefficient (Wildman–Crippen LogP) is 5.59. The summed E-state index contributed by atoms with van der Waals surface area (Å²) in [5.74, 6) is 0. The maximum atomic E-state index is 6.31. The van der Waals surface area contributed by atoms with Crippen molar-refractivity contribution in [1.29, 1.82) is 0 Å². The molecule has 0 heterocycles. The third-order valence-corrected chi connectivity index (χ3v) is 4.49. The summed E-state index contributed by atoms with van der Waals surface area (Å²) in [6.45, 7) is 5.22. The molecule has 0 aromatic heterocycles. The van der Waals surface area contributed by atoms with Gasteiger partial charge in [-0.05, 0) is 55.1 Å². The second kappa shape index (κ2) is 7.84. The van der Waals surface area contributed by atoms with Crippen molar-refractivity contribution < 1.29 is 0 Å². The first kappa shape index (κ1) is 16.4. The molecule has 0 amide bonds. The molecular formula is C18H21Cl2N. The third kappa shape index (κ3) is 4.23. The Morgan fingerprint density at radius 3 is 2.43 bits per heavy atom. The first-order valence-corrected chi connectivity index (χ1v) is 8.11. The van der Waals surface area contributed by atoms with Crippen LogP contribution in [0.1, 0.15) is 36.1 Å². The van der Waals surface area contributed by atoms with Crippen molar-refractivity contribution in [3.05, 3.63) is 69.2 Å². The average molecular weight is 322 g/mol. The largest absolute Gasteiger partial charge is 0.310 e. The van der Waals surface area contributed by atoms with Gasteiger partial charge in [0.1, 0.15) is 0 Å². The third-order valence-electron chi connectivity index (χ3n) is 3.71. The number of rotatable bonds is 6. The number of nitrogens with one attached hydrogen (secondary N) is 1. The maximum Gasteiger partial charge on any atom is 0.0438 e. The highest BCUT2D eigenvalue weighted by Crippen LogP contribution is 2.28. The molecule has 0 radical (unpaired) electrons. The van der Waals surface area contributed by atoms with Gasteiger partial charge in [0.25, 0.3) is 0 Å². The number of hydrogen-bond acceptors (Lipinski definition) is 1. The molecule has 21 heavy (non-hydrogen) atoms. The molecule has 0 fully saturated rings. The molecular weight excluding hydrogens is 301 g/mol. The van der Waals surface area contributed by atoms with Gasteiger partial charge in [0.2, 0.25) is 0 Å². The van der Waals surface area contributed by atoms with Crippen LogP contribution in [0.3, 0.4) is 0 Å². The van der Waals surface area contributed by atoms with Gasteiger partial charge in [0.05, 0.1) is 0 Å². The predicted molar refractivity (Wildman–Crippen MR) is 92.4 cm³/mol. The Morgan fingerprint density at radius 1 is 1.00 bits per heavy atom. The molecule has 0 bridgehead atoms. The molecule has 0 aliphatic heterocycles. The summed E-state index contributed by atoms with van der Waals surface area (Å²) in [6.07, 6.45) is 1.96. The minimum absolute atomic E-state index is 0.226. The molecule has 2 aromatic rings. The van der Waals surface area contributed by atoms with Crippen LogP contribution in [0.4, 0.5) is 0 Å². The lowest BCUT2D eigenvalue weighted by atomic mass is 9.95. The Kier molecular flexibility index (Phi) is 6.10. The summed E-state index contributed by atoms with van der Waals surface area (Å²) in [4.78, 5) is 0. The average Bonchev–Trinajstić information content (AvgIpc) is 2.48. The Hall–Kier alpha value is -1.02. The zero-order valence-electron chi connectivity index (χ0n) is 12.5. The molecule has 1 unspecified atom stereocenters. The van der Waals surface area contributed by atoms with Gasteiger partial charge in [0, 0.05) is 16.1 Å². The fourth-order valence-electron chi connectivity index (χ4n) is 2.50. The summed E-state index contributed by atoms with van der Waals surface area (Å²) < 4.78 is 0. The number of hydrogen-bond donors (Lipinski definition) is 1. The van der Waals surface area contributed by atoms with Crippen LogP contribution in [-0.2, 0) is 6.42 Å². The van der Waals surface area contributed by atoms with Crippen molar-refractivity contribution in [1.82, 2.24) is 5.32 Å². The lowest BCUT2D eigenvalue weighted by molar-refractivity contribution is 0.527. The van der Waals surface area contributed by atoms with Gasteiger partial charge in [-0.3, -0.25) is 0 Å². The van der Waals surface area contributed by atoms with Gasteiger partial charge in [-0.15, -0.1) is 0 Å². The van der Waals surface area contributed by atoms with E-state index in [9.17, 15) is 0 Å². The molecule has 1 atom stereocenters. The van der Waals surface area contributed by atoms with Crippen molar-refractivity contribution >= 4 is 23.2 Å². The zero-order chi connectivity index (χ0) is 15.2. The zero-order valence-corrected chi connectivity index (χ0v) is 14.0. The van der Waals surface area contributed by atoms with Gasteiger partial charge in [-0.25, -0.2) is 0 Å². The summed E-state index contributed by atoms with van der Waals surface area (Å²) in [6, 6.07) is 14.3. The lowest BCUT2D eigenvalue weighted by Crippen LogP contribution is -2.25. The van der Waals surface area contributed by atoms with Gasteiger partial charge in [-0.2, -0.15) is 0 Å². The van der Waals surface area contributed by atoms with Crippen LogP contribution in [0.2, 0.25) is 10.0 Å². The van der Waals surface area contributed by atoms with Crippen molar-refractivity contribution in [2.24, 2.45) is 0 Å². The molecule has 0 aliphatic rings. The van der Waals surface area contributed by atoms with E-state index in [0.717, 1.165) is 40.6 Å². The fraction of sp³-hybridized carbons (Fsp3) is 0.333. The van der Waals surface area contributed by atoms with Gasteiger partial charge in [-0.1, -0.05) is 60.5 Å². The van der Waals surface area contributed by atoms with E-state index in [1.54, 1.807) is 0 Å². The minimum Gasteiger partial charge on any atom is -0.310 e. The van der Waals surface area contributed by atoms with E-state index >= 15 is 0 Å².